The number of ether oxygens (including phenoxy) is 1. The maximum Gasteiger partial charge on any atom is 0.271 e. The molecule has 0 unspecified atom stereocenters. The second-order valence-electron chi connectivity index (χ2n) is 8.19. The Labute approximate surface area is 203 Å². The molecule has 0 atom stereocenters. The number of aromatic hydroxyl groups is 1. The molecule has 3 aromatic rings. The lowest BCUT2D eigenvalue weighted by molar-refractivity contribution is 0.0955. The molecule has 34 heavy (non-hydrogen) atoms. The van der Waals surface area contributed by atoms with Crippen LogP contribution in [0.4, 0.5) is 0 Å². The van der Waals surface area contributed by atoms with E-state index < -0.39 is 15.7 Å². The summed E-state index contributed by atoms with van der Waals surface area (Å²) in [6, 6.07) is 15.3. The molecular weight excluding hydrogens is 476 g/mol. The predicted molar refractivity (Wildman–Crippen MR) is 134 cm³/mol. The van der Waals surface area contributed by atoms with E-state index in [0.717, 1.165) is 42.0 Å². The molecule has 1 aliphatic rings. The summed E-state index contributed by atoms with van der Waals surface area (Å²) in [4.78, 5) is 12.3. The Balaban J connectivity index is 1.44. The number of carbonyl (C=O) groups is 1. The average Bonchev–Trinajstić information content (AvgIpc) is 3.38. The summed E-state index contributed by atoms with van der Waals surface area (Å²) in [5.41, 5.74) is 3.46. The fourth-order valence-corrected chi connectivity index (χ4v) is 5.97. The zero-order valence-electron chi connectivity index (χ0n) is 18.4. The summed E-state index contributed by atoms with van der Waals surface area (Å²) in [6.45, 7) is 0.0987. The highest BCUT2D eigenvalue weighted by Crippen LogP contribution is 2.29. The van der Waals surface area contributed by atoms with Crippen molar-refractivity contribution in [3.8, 4) is 11.5 Å². The summed E-state index contributed by atoms with van der Waals surface area (Å²) in [5, 5.41) is 15.0. The van der Waals surface area contributed by atoms with E-state index in [-0.39, 0.29) is 33.9 Å². The first-order valence-corrected chi connectivity index (χ1v) is 13.1. The Morgan fingerprint density at radius 1 is 1.12 bits per heavy atom. The highest BCUT2D eigenvalue weighted by Gasteiger charge is 2.28. The van der Waals surface area contributed by atoms with Crippen LogP contribution in [0.3, 0.4) is 0 Å². The van der Waals surface area contributed by atoms with Crippen LogP contribution in [-0.2, 0) is 9.84 Å². The van der Waals surface area contributed by atoms with Crippen molar-refractivity contribution in [3.05, 3.63) is 70.7 Å². The third-order valence-electron chi connectivity index (χ3n) is 5.93. The zero-order valence-corrected chi connectivity index (χ0v) is 20.0. The molecule has 0 heterocycles. The lowest BCUT2D eigenvalue weighted by atomic mass is 10.0. The number of hydrazone groups is 1. The van der Waals surface area contributed by atoms with Crippen molar-refractivity contribution in [1.82, 2.24) is 5.43 Å². The van der Waals surface area contributed by atoms with Crippen LogP contribution in [0.15, 0.2) is 59.7 Å². The second-order valence-corrected chi connectivity index (χ2v) is 11.0. The van der Waals surface area contributed by atoms with Crippen molar-refractivity contribution in [1.29, 1.82) is 0 Å². The van der Waals surface area contributed by atoms with E-state index in [1.807, 2.05) is 24.3 Å². The normalized spacial score (nSPS) is 14.6. The van der Waals surface area contributed by atoms with Gasteiger partial charge < -0.3 is 9.84 Å². The Kier molecular flexibility index (Phi) is 7.38. The fraction of sp³-hybridized carbons (Fsp3) is 0.280. The van der Waals surface area contributed by atoms with Crippen molar-refractivity contribution >= 4 is 44.3 Å². The first kappa shape index (κ1) is 24.0. The molecule has 1 fully saturated rings. The van der Waals surface area contributed by atoms with Crippen molar-refractivity contribution in [2.75, 3.05) is 12.4 Å². The molecule has 1 amide bonds. The number of carbonyl (C=O) groups excluding carboxylic acids is 1. The Morgan fingerprint density at radius 2 is 1.85 bits per heavy atom. The van der Waals surface area contributed by atoms with Gasteiger partial charge in [-0.1, -0.05) is 48.7 Å². The summed E-state index contributed by atoms with van der Waals surface area (Å²) >= 11 is 5.85. The number of hydrogen-bond donors (Lipinski definition) is 2. The van der Waals surface area contributed by atoms with Crippen LogP contribution >= 0.6 is 11.6 Å². The van der Waals surface area contributed by atoms with E-state index >= 15 is 0 Å². The second kappa shape index (κ2) is 10.4. The lowest BCUT2D eigenvalue weighted by Crippen LogP contribution is -2.24. The van der Waals surface area contributed by atoms with Crippen LogP contribution in [0.2, 0.25) is 5.02 Å². The number of phenolic OH excluding ortho intramolecular Hbond substituents is 1. The standard InChI is InChI=1S/C25H25ClN2O5S/c26-22-15-17(9-11-23(22)29)25(30)28-27-16-18-10-12-24(21-8-4-3-7-20(18)21)33-13-14-34(31,32)19-5-1-2-6-19/h3-4,7-12,15-16,19,29H,1-2,5-6,13-14H2,(H,28,30)/b27-16+. The molecule has 178 valence electrons. The molecule has 0 bridgehead atoms. The number of phenols is 1. The highest BCUT2D eigenvalue weighted by atomic mass is 35.5. The minimum Gasteiger partial charge on any atom is -0.506 e. The number of benzene rings is 3. The van der Waals surface area contributed by atoms with Gasteiger partial charge in [-0.2, -0.15) is 5.10 Å². The SMILES string of the molecule is O=C(N/N=C/c1ccc(OCCS(=O)(=O)C2CCCC2)c2ccccc12)c1ccc(O)c(Cl)c1. The predicted octanol–water partition coefficient (Wildman–Crippen LogP) is 4.70. The van der Waals surface area contributed by atoms with Gasteiger partial charge in [-0.15, -0.1) is 0 Å². The smallest absolute Gasteiger partial charge is 0.271 e. The van der Waals surface area contributed by atoms with Gasteiger partial charge in [-0.3, -0.25) is 4.79 Å². The van der Waals surface area contributed by atoms with Crippen LogP contribution in [-0.4, -0.2) is 43.3 Å². The third-order valence-corrected chi connectivity index (χ3v) is 8.46. The van der Waals surface area contributed by atoms with Gasteiger partial charge in [0.25, 0.3) is 5.91 Å². The van der Waals surface area contributed by atoms with Crippen molar-refractivity contribution in [3.63, 3.8) is 0 Å². The largest absolute Gasteiger partial charge is 0.506 e. The van der Waals surface area contributed by atoms with E-state index in [9.17, 15) is 18.3 Å². The summed E-state index contributed by atoms with van der Waals surface area (Å²) < 4.78 is 30.9. The van der Waals surface area contributed by atoms with E-state index in [1.165, 1.54) is 24.4 Å². The van der Waals surface area contributed by atoms with Crippen LogP contribution in [0, 0.1) is 0 Å². The van der Waals surface area contributed by atoms with E-state index in [1.54, 1.807) is 12.1 Å². The van der Waals surface area contributed by atoms with Crippen LogP contribution in [0.5, 0.6) is 11.5 Å². The van der Waals surface area contributed by atoms with E-state index in [4.69, 9.17) is 16.3 Å². The minimum absolute atomic E-state index is 0.00249. The molecule has 7 nitrogen and oxygen atoms in total. The van der Waals surface area contributed by atoms with Gasteiger partial charge in [0.15, 0.2) is 9.84 Å². The van der Waals surface area contributed by atoms with Gasteiger partial charge in [-0.25, -0.2) is 13.8 Å². The van der Waals surface area contributed by atoms with Crippen LogP contribution in [0.25, 0.3) is 10.8 Å². The molecule has 4 rings (SSSR count). The Bertz CT molecular complexity index is 1330. The molecule has 9 heteroatoms. The number of hydrogen-bond acceptors (Lipinski definition) is 6. The molecule has 0 aliphatic heterocycles. The first-order valence-electron chi connectivity index (χ1n) is 11.0. The number of sulfone groups is 1. The monoisotopic (exact) mass is 500 g/mol. The number of nitrogens with one attached hydrogen (secondary N) is 1. The van der Waals surface area contributed by atoms with E-state index in [2.05, 4.69) is 10.5 Å². The van der Waals surface area contributed by atoms with Gasteiger partial charge in [0.1, 0.15) is 18.1 Å². The lowest BCUT2D eigenvalue weighted by Gasteiger charge is -2.13. The van der Waals surface area contributed by atoms with Crippen molar-refractivity contribution in [2.45, 2.75) is 30.9 Å². The van der Waals surface area contributed by atoms with E-state index in [0.29, 0.717) is 5.75 Å². The third kappa shape index (κ3) is 5.51. The maximum atomic E-state index is 12.5. The molecule has 0 aromatic heterocycles. The zero-order chi connectivity index (χ0) is 24.1. The number of fused-ring (bicyclic) bond motifs is 1. The van der Waals surface area contributed by atoms with Gasteiger partial charge in [0.2, 0.25) is 0 Å². The molecule has 1 aliphatic carbocycles. The number of nitrogens with zero attached hydrogens (tertiary/aromatic N) is 1. The number of halogens is 1. The average molecular weight is 501 g/mol. The molecular formula is C25H25ClN2O5S. The quantitative estimate of drug-likeness (QED) is 0.344. The molecule has 0 spiro atoms. The van der Waals surface area contributed by atoms with Gasteiger partial charge in [-0.05, 0) is 48.6 Å². The summed E-state index contributed by atoms with van der Waals surface area (Å²) in [7, 11) is -3.15. The number of rotatable bonds is 8. The molecule has 0 saturated heterocycles. The van der Waals surface area contributed by atoms with Crippen molar-refractivity contribution < 1.29 is 23.1 Å². The van der Waals surface area contributed by atoms with Crippen molar-refractivity contribution in [2.24, 2.45) is 5.10 Å². The van der Waals surface area contributed by atoms with Gasteiger partial charge in [0, 0.05) is 16.5 Å². The molecule has 0 radical (unpaired) electrons. The fourth-order valence-electron chi connectivity index (χ4n) is 4.09. The molecule has 1 saturated carbocycles. The summed E-state index contributed by atoms with van der Waals surface area (Å²) in [6.07, 6.45) is 4.96. The van der Waals surface area contributed by atoms with Crippen LogP contribution in [0.1, 0.15) is 41.6 Å². The molecule has 2 N–H and O–H groups in total. The van der Waals surface area contributed by atoms with Gasteiger partial charge in [0.05, 0.1) is 22.2 Å². The highest BCUT2D eigenvalue weighted by molar-refractivity contribution is 7.92. The topological polar surface area (TPSA) is 105 Å². The Hall–Kier alpha value is -3.10. The van der Waals surface area contributed by atoms with Crippen LogP contribution < -0.4 is 10.2 Å². The number of amides is 1. The Morgan fingerprint density at radius 3 is 2.59 bits per heavy atom. The summed E-state index contributed by atoms with van der Waals surface area (Å²) in [5.74, 6) is 0.0253. The molecule has 3 aromatic carbocycles. The van der Waals surface area contributed by atoms with Gasteiger partial charge >= 0.3 is 0 Å². The minimum atomic E-state index is -3.15. The first-order chi connectivity index (χ1) is 16.3. The maximum absolute atomic E-state index is 12.5.